The standard InChI is InChI=1S/C8H11FO6.FHO3S/c1-2-13-6(10)3-7(11)14-5-15-8(12)4-9;1-5(2,3)4/h2-5H2,1H3;(H,2,3,4)/p-1. The molecule has 0 rings (SSSR count). The molecule has 0 spiro atoms. The van der Waals surface area contributed by atoms with Gasteiger partial charge in [-0.1, -0.05) is 0 Å². The zero-order valence-corrected chi connectivity index (χ0v) is 11.0. The summed E-state index contributed by atoms with van der Waals surface area (Å²) in [4.78, 5) is 31.7. The van der Waals surface area contributed by atoms with Crippen LogP contribution in [-0.4, -0.2) is 51.0 Å². The van der Waals surface area contributed by atoms with Crippen molar-refractivity contribution in [3.05, 3.63) is 0 Å². The number of alkyl halides is 1. The molecule has 0 fully saturated rings. The molecule has 0 unspecified atom stereocenters. The summed E-state index contributed by atoms with van der Waals surface area (Å²) < 4.78 is 59.7. The molecule has 0 aliphatic rings. The van der Waals surface area contributed by atoms with Crippen LogP contribution in [0.2, 0.25) is 0 Å². The van der Waals surface area contributed by atoms with E-state index in [1.165, 1.54) is 0 Å². The number of hydrogen-bond donors (Lipinski definition) is 0. The largest absolute Gasteiger partial charge is 0.722 e. The minimum atomic E-state index is -5.42. The highest BCUT2D eigenvalue weighted by Crippen LogP contribution is 1.91. The van der Waals surface area contributed by atoms with Gasteiger partial charge in [-0.2, -0.15) is 0 Å². The summed E-state index contributed by atoms with van der Waals surface area (Å²) in [6, 6.07) is 0. The average Bonchev–Trinajstić information content (AvgIpc) is 2.26. The molecule has 0 aromatic rings. The third-order valence-corrected chi connectivity index (χ3v) is 1.14. The van der Waals surface area contributed by atoms with Crippen molar-refractivity contribution in [2.45, 2.75) is 13.3 Å². The van der Waals surface area contributed by atoms with Gasteiger partial charge in [-0.15, -0.1) is 3.89 Å². The van der Waals surface area contributed by atoms with Crippen LogP contribution in [0.15, 0.2) is 0 Å². The fraction of sp³-hybridized carbons (Fsp3) is 0.625. The van der Waals surface area contributed by atoms with Crippen LogP contribution >= 0.6 is 0 Å². The number of ether oxygens (including phenoxy) is 3. The van der Waals surface area contributed by atoms with Crippen LogP contribution in [-0.2, 0) is 39.1 Å². The summed E-state index contributed by atoms with van der Waals surface area (Å²) in [7, 11) is -5.42. The van der Waals surface area contributed by atoms with Crippen molar-refractivity contribution in [3.8, 4) is 0 Å². The first-order valence-corrected chi connectivity index (χ1v) is 6.09. The Hall–Kier alpha value is -1.82. The number of halogens is 2. The van der Waals surface area contributed by atoms with Crippen LogP contribution in [0.4, 0.5) is 8.28 Å². The first-order valence-electron chi connectivity index (χ1n) is 4.78. The number of carbonyl (C=O) groups excluding carboxylic acids is 3. The zero-order chi connectivity index (χ0) is 16.2. The SMILES string of the molecule is CCOC(=O)CC(=O)OCOC(=O)CF.O=S(=O)([O-])F. The molecule has 0 aromatic carbocycles. The lowest BCUT2D eigenvalue weighted by Crippen LogP contribution is -2.17. The molecule has 12 heteroatoms. The molecular weight excluding hydrogens is 310 g/mol. The zero-order valence-electron chi connectivity index (χ0n) is 10.2. The first kappa shape index (κ1) is 20.5. The van der Waals surface area contributed by atoms with Crippen molar-refractivity contribution in [1.29, 1.82) is 0 Å². The first-order chi connectivity index (χ1) is 9.10. The second-order valence-electron chi connectivity index (χ2n) is 2.66. The molecule has 0 aliphatic heterocycles. The van der Waals surface area contributed by atoms with Gasteiger partial charge >= 0.3 is 17.9 Å². The van der Waals surface area contributed by atoms with Gasteiger partial charge in [-0.3, -0.25) is 9.59 Å². The summed E-state index contributed by atoms with van der Waals surface area (Å²) in [5.74, 6) is -2.78. The van der Waals surface area contributed by atoms with E-state index in [1.807, 2.05) is 0 Å². The van der Waals surface area contributed by atoms with Crippen LogP contribution in [0.25, 0.3) is 0 Å². The Morgan fingerprint density at radius 2 is 1.45 bits per heavy atom. The summed E-state index contributed by atoms with van der Waals surface area (Å²) in [5.41, 5.74) is 0. The van der Waals surface area contributed by atoms with E-state index in [0.717, 1.165) is 0 Å². The van der Waals surface area contributed by atoms with Gasteiger partial charge in [-0.05, 0) is 6.92 Å². The second kappa shape index (κ2) is 11.0. The Morgan fingerprint density at radius 1 is 1.05 bits per heavy atom. The summed E-state index contributed by atoms with van der Waals surface area (Å²) >= 11 is 0. The molecule has 0 N–H and O–H groups in total. The molecule has 0 saturated heterocycles. The van der Waals surface area contributed by atoms with Crippen molar-refractivity contribution in [2.24, 2.45) is 0 Å². The predicted octanol–water partition coefficient (Wildman–Crippen LogP) is -0.631. The van der Waals surface area contributed by atoms with Gasteiger partial charge in [0, 0.05) is 0 Å². The lowest BCUT2D eigenvalue weighted by Gasteiger charge is -2.04. The fourth-order valence-electron chi connectivity index (χ4n) is 0.580. The molecule has 0 aliphatic carbocycles. The Morgan fingerprint density at radius 3 is 1.85 bits per heavy atom. The minimum absolute atomic E-state index is 0.156. The molecule has 0 saturated carbocycles. The summed E-state index contributed by atoms with van der Waals surface area (Å²) in [5, 5.41) is 0. The molecule has 20 heavy (non-hydrogen) atoms. The van der Waals surface area contributed by atoms with Gasteiger partial charge in [0.2, 0.25) is 6.79 Å². The van der Waals surface area contributed by atoms with Crippen LogP contribution in [0.1, 0.15) is 13.3 Å². The lowest BCUT2D eigenvalue weighted by atomic mass is 10.4. The smallest absolute Gasteiger partial charge is 0.340 e. The highest BCUT2D eigenvalue weighted by atomic mass is 32.3. The summed E-state index contributed by atoms with van der Waals surface area (Å²) in [6.07, 6.45) is -0.568. The molecule has 0 atom stereocenters. The van der Waals surface area contributed by atoms with Crippen LogP contribution < -0.4 is 0 Å². The fourth-order valence-corrected chi connectivity index (χ4v) is 0.580. The minimum Gasteiger partial charge on any atom is -0.722 e. The van der Waals surface area contributed by atoms with E-state index in [-0.39, 0.29) is 6.61 Å². The summed E-state index contributed by atoms with van der Waals surface area (Å²) in [6.45, 7) is -0.258. The van der Waals surface area contributed by atoms with E-state index in [2.05, 4.69) is 14.2 Å². The van der Waals surface area contributed by atoms with Gasteiger partial charge in [-0.25, -0.2) is 17.6 Å². The highest BCUT2D eigenvalue weighted by molar-refractivity contribution is 7.80. The molecule has 0 radical (unpaired) electrons. The van der Waals surface area contributed by atoms with Crippen LogP contribution in [0.3, 0.4) is 0 Å². The van der Waals surface area contributed by atoms with Gasteiger partial charge < -0.3 is 18.8 Å². The normalized spacial score (nSPS) is 9.80. The third kappa shape index (κ3) is 21.5. The predicted molar refractivity (Wildman–Crippen MR) is 55.1 cm³/mol. The van der Waals surface area contributed by atoms with Crippen molar-refractivity contribution in [1.82, 2.24) is 0 Å². The maximum absolute atomic E-state index is 11.5. The molecule has 0 aromatic heterocycles. The molecule has 0 amide bonds. The monoisotopic (exact) mass is 321 g/mol. The topological polar surface area (TPSA) is 136 Å². The number of esters is 3. The maximum Gasteiger partial charge on any atom is 0.340 e. The number of rotatable bonds is 6. The van der Waals surface area contributed by atoms with Crippen molar-refractivity contribution >= 4 is 28.4 Å². The van der Waals surface area contributed by atoms with Gasteiger partial charge in [0.25, 0.3) is 10.5 Å². The lowest BCUT2D eigenvalue weighted by molar-refractivity contribution is -0.169. The quantitative estimate of drug-likeness (QED) is 0.206. The third-order valence-electron chi connectivity index (χ3n) is 1.14. The van der Waals surface area contributed by atoms with Crippen LogP contribution in [0, 0.1) is 0 Å². The number of hydrogen-bond acceptors (Lipinski definition) is 9. The van der Waals surface area contributed by atoms with Crippen molar-refractivity contribution in [2.75, 3.05) is 20.1 Å². The molecule has 9 nitrogen and oxygen atoms in total. The van der Waals surface area contributed by atoms with Crippen molar-refractivity contribution < 1.29 is 49.8 Å². The Kier molecular flexibility index (Phi) is 11.3. The van der Waals surface area contributed by atoms with E-state index in [0.29, 0.717) is 0 Å². The molecule has 0 heterocycles. The van der Waals surface area contributed by atoms with Gasteiger partial charge in [0.1, 0.15) is 6.42 Å². The second-order valence-corrected chi connectivity index (χ2v) is 3.45. The van der Waals surface area contributed by atoms with Gasteiger partial charge in [0.05, 0.1) is 6.61 Å². The number of carbonyl (C=O) groups is 3. The molecule has 0 bridgehead atoms. The Labute approximate surface area is 112 Å². The Bertz CT molecular complexity index is 412. The average molecular weight is 321 g/mol. The molecule has 118 valence electrons. The Balaban J connectivity index is 0. The maximum atomic E-state index is 11.5. The van der Waals surface area contributed by atoms with E-state index in [1.54, 1.807) is 6.92 Å². The van der Waals surface area contributed by atoms with Crippen molar-refractivity contribution in [3.63, 3.8) is 0 Å². The molecular formula is C8H11F2O9S-. The van der Waals surface area contributed by atoms with Crippen LogP contribution in [0.5, 0.6) is 0 Å². The highest BCUT2D eigenvalue weighted by Gasteiger charge is 2.12. The van der Waals surface area contributed by atoms with E-state index in [9.17, 15) is 22.7 Å². The van der Waals surface area contributed by atoms with E-state index < -0.39 is 48.3 Å². The van der Waals surface area contributed by atoms with Gasteiger partial charge in [0.15, 0.2) is 6.67 Å². The van der Waals surface area contributed by atoms with E-state index >= 15 is 0 Å². The van der Waals surface area contributed by atoms with E-state index in [4.69, 9.17) is 13.0 Å².